The Hall–Kier alpha value is -1.43. The Morgan fingerprint density at radius 1 is 0.960 bits per heavy atom. The summed E-state index contributed by atoms with van der Waals surface area (Å²) in [5.41, 5.74) is 2.69. The number of hydrogen-bond acceptors (Lipinski definition) is 2. The zero-order valence-corrected chi connectivity index (χ0v) is 16.7. The van der Waals surface area contributed by atoms with Gasteiger partial charge in [0.15, 0.2) is 5.11 Å². The van der Waals surface area contributed by atoms with Crippen molar-refractivity contribution < 1.29 is 0 Å². The first-order valence-corrected chi connectivity index (χ1v) is 9.95. The van der Waals surface area contributed by atoms with Crippen LogP contribution in [0.2, 0.25) is 0 Å². The van der Waals surface area contributed by atoms with Crippen LogP contribution in [0.25, 0.3) is 0 Å². The molecule has 2 aromatic carbocycles. The second-order valence-electron chi connectivity index (χ2n) is 6.32. The van der Waals surface area contributed by atoms with E-state index in [-0.39, 0.29) is 0 Å². The average Bonchev–Trinajstić information content (AvgIpc) is 2.65. The van der Waals surface area contributed by atoms with Gasteiger partial charge in [-0.2, -0.15) is 0 Å². The standard InChI is InChI=1S/C20H24BrN3S/c21-19-9-5-4-8-18(19)16-23-12-14-24(15-13-23)20(25)22-11-10-17-6-2-1-3-7-17/h1-9H,10-16H2,(H,22,25). The van der Waals surface area contributed by atoms with Crippen molar-refractivity contribution in [2.75, 3.05) is 32.7 Å². The summed E-state index contributed by atoms with van der Waals surface area (Å²) < 4.78 is 1.19. The lowest BCUT2D eigenvalue weighted by Gasteiger charge is -2.36. The molecule has 0 saturated carbocycles. The van der Waals surface area contributed by atoms with Gasteiger partial charge in [-0.15, -0.1) is 0 Å². The minimum atomic E-state index is 0.886. The minimum absolute atomic E-state index is 0.886. The Morgan fingerprint density at radius 2 is 1.64 bits per heavy atom. The van der Waals surface area contributed by atoms with E-state index in [1.165, 1.54) is 15.6 Å². The van der Waals surface area contributed by atoms with Gasteiger partial charge in [-0.05, 0) is 35.8 Å². The van der Waals surface area contributed by atoms with Crippen LogP contribution in [0.5, 0.6) is 0 Å². The fourth-order valence-corrected chi connectivity index (χ4v) is 3.74. The maximum Gasteiger partial charge on any atom is 0.169 e. The van der Waals surface area contributed by atoms with E-state index in [1.54, 1.807) is 0 Å². The maximum absolute atomic E-state index is 5.57. The molecule has 1 aliphatic heterocycles. The van der Waals surface area contributed by atoms with Crippen molar-refractivity contribution in [2.24, 2.45) is 0 Å². The molecule has 0 bridgehead atoms. The van der Waals surface area contributed by atoms with Gasteiger partial charge in [0.25, 0.3) is 0 Å². The largest absolute Gasteiger partial charge is 0.362 e. The maximum atomic E-state index is 5.57. The third-order valence-electron chi connectivity index (χ3n) is 4.54. The van der Waals surface area contributed by atoms with E-state index in [2.05, 4.69) is 85.6 Å². The normalized spacial score (nSPS) is 15.2. The van der Waals surface area contributed by atoms with Crippen LogP contribution in [-0.4, -0.2) is 47.6 Å². The van der Waals surface area contributed by atoms with E-state index in [1.807, 2.05) is 0 Å². The van der Waals surface area contributed by atoms with Crippen LogP contribution in [0.4, 0.5) is 0 Å². The lowest BCUT2D eigenvalue weighted by molar-refractivity contribution is 0.174. The van der Waals surface area contributed by atoms with E-state index in [4.69, 9.17) is 12.2 Å². The zero-order chi connectivity index (χ0) is 17.5. The SMILES string of the molecule is S=C(NCCc1ccccc1)N1CCN(Cc2ccccc2Br)CC1. The highest BCUT2D eigenvalue weighted by Gasteiger charge is 2.19. The van der Waals surface area contributed by atoms with Crippen LogP contribution in [-0.2, 0) is 13.0 Å². The Kier molecular flexibility index (Phi) is 6.84. The Balaban J connectivity index is 1.39. The lowest BCUT2D eigenvalue weighted by atomic mass is 10.1. The molecule has 0 unspecified atom stereocenters. The van der Waals surface area contributed by atoms with E-state index < -0.39 is 0 Å². The molecule has 2 aromatic rings. The van der Waals surface area contributed by atoms with Crippen LogP contribution >= 0.6 is 28.1 Å². The van der Waals surface area contributed by atoms with Crippen LogP contribution < -0.4 is 5.32 Å². The monoisotopic (exact) mass is 417 g/mol. The molecule has 5 heteroatoms. The second kappa shape index (κ2) is 9.32. The minimum Gasteiger partial charge on any atom is -0.362 e. The summed E-state index contributed by atoms with van der Waals surface area (Å²) in [5, 5.41) is 4.29. The molecule has 132 valence electrons. The predicted molar refractivity (Wildman–Crippen MR) is 112 cm³/mol. The molecule has 0 aromatic heterocycles. The number of halogens is 1. The summed E-state index contributed by atoms with van der Waals surface area (Å²) in [6.45, 7) is 5.94. The Bertz CT molecular complexity index is 684. The molecule has 0 radical (unpaired) electrons. The van der Waals surface area contributed by atoms with Crippen molar-refractivity contribution in [3.05, 3.63) is 70.2 Å². The van der Waals surface area contributed by atoms with Crippen molar-refractivity contribution in [2.45, 2.75) is 13.0 Å². The van der Waals surface area contributed by atoms with Crippen LogP contribution in [0.15, 0.2) is 59.1 Å². The average molecular weight is 418 g/mol. The molecule has 3 nitrogen and oxygen atoms in total. The van der Waals surface area contributed by atoms with Crippen LogP contribution in [0.3, 0.4) is 0 Å². The fourth-order valence-electron chi connectivity index (χ4n) is 3.05. The molecule has 1 heterocycles. The van der Waals surface area contributed by atoms with E-state index in [0.29, 0.717) is 0 Å². The number of hydrogen-bond donors (Lipinski definition) is 1. The summed E-state index contributed by atoms with van der Waals surface area (Å²) >= 11 is 9.21. The van der Waals surface area contributed by atoms with Crippen molar-refractivity contribution in [1.82, 2.24) is 15.1 Å². The summed E-state index contributed by atoms with van der Waals surface area (Å²) in [6, 6.07) is 19.0. The molecule has 0 amide bonds. The second-order valence-corrected chi connectivity index (χ2v) is 7.56. The number of nitrogens with one attached hydrogen (secondary N) is 1. The number of thiocarbonyl (C=S) groups is 1. The van der Waals surface area contributed by atoms with Gasteiger partial charge < -0.3 is 10.2 Å². The molecule has 3 rings (SSSR count). The zero-order valence-electron chi connectivity index (χ0n) is 14.3. The molecule has 0 spiro atoms. The smallest absolute Gasteiger partial charge is 0.169 e. The number of nitrogens with zero attached hydrogens (tertiary/aromatic N) is 2. The number of benzene rings is 2. The van der Waals surface area contributed by atoms with E-state index >= 15 is 0 Å². The van der Waals surface area contributed by atoms with Crippen molar-refractivity contribution in [1.29, 1.82) is 0 Å². The molecule has 25 heavy (non-hydrogen) atoms. The predicted octanol–water partition coefficient (Wildman–Crippen LogP) is 3.68. The van der Waals surface area contributed by atoms with Gasteiger partial charge in [0.1, 0.15) is 0 Å². The summed E-state index contributed by atoms with van der Waals surface area (Å²) in [7, 11) is 0. The first kappa shape index (κ1) is 18.4. The highest BCUT2D eigenvalue weighted by atomic mass is 79.9. The number of rotatable bonds is 5. The quantitative estimate of drug-likeness (QED) is 0.747. The van der Waals surface area contributed by atoms with Gasteiger partial charge >= 0.3 is 0 Å². The number of piperazine rings is 1. The molecule has 0 aliphatic carbocycles. The molecule has 1 N–H and O–H groups in total. The van der Waals surface area contributed by atoms with Gasteiger partial charge in [0, 0.05) is 43.7 Å². The van der Waals surface area contributed by atoms with Crippen molar-refractivity contribution in [3.8, 4) is 0 Å². The molecule has 0 atom stereocenters. The van der Waals surface area contributed by atoms with Crippen molar-refractivity contribution >= 4 is 33.3 Å². The topological polar surface area (TPSA) is 18.5 Å². The van der Waals surface area contributed by atoms with E-state index in [0.717, 1.165) is 50.8 Å². The summed E-state index contributed by atoms with van der Waals surface area (Å²) in [5.74, 6) is 0. The van der Waals surface area contributed by atoms with Crippen LogP contribution in [0, 0.1) is 0 Å². The lowest BCUT2D eigenvalue weighted by Crippen LogP contribution is -2.51. The fraction of sp³-hybridized carbons (Fsp3) is 0.350. The van der Waals surface area contributed by atoms with Gasteiger partial charge in [-0.25, -0.2) is 0 Å². The van der Waals surface area contributed by atoms with Gasteiger partial charge in [0.05, 0.1) is 0 Å². The van der Waals surface area contributed by atoms with Gasteiger partial charge in [0.2, 0.25) is 0 Å². The van der Waals surface area contributed by atoms with Crippen molar-refractivity contribution in [3.63, 3.8) is 0 Å². The highest BCUT2D eigenvalue weighted by molar-refractivity contribution is 9.10. The summed E-state index contributed by atoms with van der Waals surface area (Å²) in [6.07, 6.45) is 1.00. The van der Waals surface area contributed by atoms with Crippen LogP contribution in [0.1, 0.15) is 11.1 Å². The van der Waals surface area contributed by atoms with Gasteiger partial charge in [-0.1, -0.05) is 64.5 Å². The Morgan fingerprint density at radius 3 is 2.36 bits per heavy atom. The summed E-state index contributed by atoms with van der Waals surface area (Å²) in [4.78, 5) is 4.78. The van der Waals surface area contributed by atoms with Gasteiger partial charge in [-0.3, -0.25) is 4.90 Å². The molecule has 1 saturated heterocycles. The Labute approximate surface area is 164 Å². The molecular formula is C20H24BrN3S. The first-order valence-electron chi connectivity index (χ1n) is 8.75. The molecular weight excluding hydrogens is 394 g/mol. The molecule has 1 fully saturated rings. The first-order chi connectivity index (χ1) is 12.2. The third-order valence-corrected chi connectivity index (χ3v) is 5.72. The molecule has 1 aliphatic rings. The third kappa shape index (κ3) is 5.53. The van der Waals surface area contributed by atoms with E-state index in [9.17, 15) is 0 Å². The highest BCUT2D eigenvalue weighted by Crippen LogP contribution is 2.18.